The first-order valence-electron chi connectivity index (χ1n) is 10.00. The Morgan fingerprint density at radius 2 is 1.39 bits per heavy atom. The van der Waals surface area contributed by atoms with Crippen LogP contribution in [0.1, 0.15) is 0 Å². The van der Waals surface area contributed by atoms with Gasteiger partial charge in [0.15, 0.2) is 0 Å². The lowest BCUT2D eigenvalue weighted by Gasteiger charge is -2.10. The molecular formula is C22H15ClN6O6S. The number of nitrogens with zero attached hydrogens (tertiary/aromatic N) is 4. The lowest BCUT2D eigenvalue weighted by Crippen LogP contribution is -2.12. The van der Waals surface area contributed by atoms with Crippen LogP contribution in [0.25, 0.3) is 22.5 Å². The highest BCUT2D eigenvalue weighted by Crippen LogP contribution is 2.33. The first-order chi connectivity index (χ1) is 17.0. The fraction of sp³-hybridized carbons (Fsp3) is 0. The van der Waals surface area contributed by atoms with E-state index in [4.69, 9.17) is 17.3 Å². The van der Waals surface area contributed by atoms with Crippen molar-refractivity contribution in [2.45, 2.75) is 4.90 Å². The zero-order valence-corrected chi connectivity index (χ0v) is 19.6. The van der Waals surface area contributed by atoms with E-state index < -0.39 is 19.9 Å². The van der Waals surface area contributed by atoms with Crippen molar-refractivity contribution in [2.75, 3.05) is 10.5 Å². The van der Waals surface area contributed by atoms with Crippen LogP contribution in [-0.4, -0.2) is 28.2 Å². The minimum absolute atomic E-state index is 0.0898. The van der Waals surface area contributed by atoms with E-state index >= 15 is 0 Å². The zero-order valence-electron chi connectivity index (χ0n) is 18.0. The van der Waals surface area contributed by atoms with Gasteiger partial charge in [-0.15, -0.1) is 0 Å². The van der Waals surface area contributed by atoms with Gasteiger partial charge < -0.3 is 5.73 Å². The number of rotatable bonds is 7. The third-order valence-electron chi connectivity index (χ3n) is 4.97. The summed E-state index contributed by atoms with van der Waals surface area (Å²) in [6.45, 7) is 0. The van der Waals surface area contributed by atoms with Crippen molar-refractivity contribution in [1.82, 2.24) is 9.97 Å². The maximum absolute atomic E-state index is 12.6. The number of aromatic nitrogens is 2. The quantitative estimate of drug-likeness (QED) is 0.255. The third-order valence-corrected chi connectivity index (χ3v) is 6.70. The second-order valence-electron chi connectivity index (χ2n) is 7.35. The molecule has 14 heteroatoms. The molecule has 3 N–H and O–H groups in total. The Kier molecular flexibility index (Phi) is 6.51. The molecule has 1 heterocycles. The van der Waals surface area contributed by atoms with Crippen molar-refractivity contribution in [3.05, 3.63) is 98.0 Å². The number of non-ortho nitro benzene ring substituents is 2. The van der Waals surface area contributed by atoms with Gasteiger partial charge in [0, 0.05) is 41.1 Å². The van der Waals surface area contributed by atoms with E-state index in [1.165, 1.54) is 30.3 Å². The highest BCUT2D eigenvalue weighted by molar-refractivity contribution is 7.92. The van der Waals surface area contributed by atoms with Crippen LogP contribution in [0.15, 0.2) is 77.7 Å². The van der Waals surface area contributed by atoms with Crippen LogP contribution >= 0.6 is 11.6 Å². The minimum Gasteiger partial charge on any atom is -0.368 e. The van der Waals surface area contributed by atoms with Gasteiger partial charge in [0.25, 0.3) is 21.4 Å². The van der Waals surface area contributed by atoms with E-state index in [0.29, 0.717) is 16.8 Å². The van der Waals surface area contributed by atoms with E-state index in [1.807, 2.05) is 0 Å². The molecule has 0 radical (unpaired) electrons. The highest BCUT2D eigenvalue weighted by atomic mass is 35.5. The van der Waals surface area contributed by atoms with Crippen LogP contribution in [0.5, 0.6) is 0 Å². The van der Waals surface area contributed by atoms with Crippen molar-refractivity contribution in [3.63, 3.8) is 0 Å². The standard InChI is InChI=1S/C22H15ClN6O6S/c23-19-10-7-16(29(32)33)11-18(19)21-12-20(25-22(24)26-21)13-1-3-14(4-2-13)27-36(34,35)17-8-5-15(6-9-17)28(30)31/h1-12,27H,(H2,24,25,26). The van der Waals surface area contributed by atoms with Gasteiger partial charge >= 0.3 is 0 Å². The first-order valence-corrected chi connectivity index (χ1v) is 11.9. The highest BCUT2D eigenvalue weighted by Gasteiger charge is 2.17. The number of nitrogens with two attached hydrogens (primary N) is 1. The summed E-state index contributed by atoms with van der Waals surface area (Å²) < 4.78 is 27.6. The van der Waals surface area contributed by atoms with E-state index in [-0.39, 0.29) is 38.6 Å². The monoisotopic (exact) mass is 526 g/mol. The summed E-state index contributed by atoms with van der Waals surface area (Å²) in [5.41, 5.74) is 7.21. The molecule has 0 unspecified atom stereocenters. The SMILES string of the molecule is Nc1nc(-c2ccc(NS(=O)(=O)c3ccc([N+](=O)[O-])cc3)cc2)cc(-c2cc([N+](=O)[O-])ccc2Cl)n1. The predicted octanol–water partition coefficient (Wildman–Crippen LogP) is 4.66. The number of benzene rings is 3. The van der Waals surface area contributed by atoms with Crippen molar-refractivity contribution >= 4 is 44.6 Å². The number of nitrogen functional groups attached to an aromatic ring is 1. The molecule has 0 aliphatic rings. The normalized spacial score (nSPS) is 11.1. The van der Waals surface area contributed by atoms with Gasteiger partial charge in [0.05, 0.1) is 31.2 Å². The van der Waals surface area contributed by atoms with Crippen LogP contribution < -0.4 is 10.5 Å². The smallest absolute Gasteiger partial charge is 0.270 e. The van der Waals surface area contributed by atoms with Crippen molar-refractivity contribution < 1.29 is 18.3 Å². The molecule has 0 fully saturated rings. The summed E-state index contributed by atoms with van der Waals surface area (Å²) in [7, 11) is -3.99. The molecule has 0 atom stereocenters. The fourth-order valence-corrected chi connectivity index (χ4v) is 4.52. The second kappa shape index (κ2) is 9.56. The Morgan fingerprint density at radius 3 is 2.00 bits per heavy atom. The Balaban J connectivity index is 1.61. The van der Waals surface area contributed by atoms with Crippen molar-refractivity contribution in [2.24, 2.45) is 0 Å². The van der Waals surface area contributed by atoms with Crippen LogP contribution in [0, 0.1) is 20.2 Å². The molecule has 0 aliphatic carbocycles. The number of halogens is 1. The Morgan fingerprint density at radius 1 is 0.806 bits per heavy atom. The summed E-state index contributed by atoms with van der Waals surface area (Å²) in [4.78, 5) is 28.9. The molecule has 12 nitrogen and oxygen atoms in total. The predicted molar refractivity (Wildman–Crippen MR) is 133 cm³/mol. The average Bonchev–Trinajstić information content (AvgIpc) is 2.84. The van der Waals surface area contributed by atoms with Crippen LogP contribution in [0.4, 0.5) is 23.0 Å². The molecule has 0 bridgehead atoms. The molecular weight excluding hydrogens is 512 g/mol. The Hall–Kier alpha value is -4.62. The molecule has 0 spiro atoms. The van der Waals surface area contributed by atoms with E-state index in [0.717, 1.165) is 24.3 Å². The lowest BCUT2D eigenvalue weighted by molar-refractivity contribution is -0.385. The van der Waals surface area contributed by atoms with Gasteiger partial charge in [-0.05, 0) is 36.4 Å². The molecule has 0 amide bonds. The van der Waals surface area contributed by atoms with Crippen LogP contribution in [-0.2, 0) is 10.0 Å². The summed E-state index contributed by atoms with van der Waals surface area (Å²) in [5, 5.41) is 22.2. The fourth-order valence-electron chi connectivity index (χ4n) is 3.24. The second-order valence-corrected chi connectivity index (χ2v) is 9.44. The largest absolute Gasteiger partial charge is 0.368 e. The molecule has 36 heavy (non-hydrogen) atoms. The maximum Gasteiger partial charge on any atom is 0.270 e. The molecule has 0 saturated heterocycles. The Labute approximate surface area is 208 Å². The maximum atomic E-state index is 12.6. The van der Waals surface area contributed by atoms with Gasteiger partial charge in [0.2, 0.25) is 5.95 Å². The number of nitro benzene ring substituents is 2. The average molecular weight is 527 g/mol. The van der Waals surface area contributed by atoms with Gasteiger partial charge in [-0.1, -0.05) is 23.7 Å². The van der Waals surface area contributed by atoms with Crippen molar-refractivity contribution in [3.8, 4) is 22.5 Å². The van der Waals surface area contributed by atoms with Gasteiger partial charge in [0.1, 0.15) is 0 Å². The molecule has 4 rings (SSSR count). The topological polar surface area (TPSA) is 184 Å². The number of nitro groups is 2. The van der Waals surface area contributed by atoms with Gasteiger partial charge in [-0.25, -0.2) is 18.4 Å². The van der Waals surface area contributed by atoms with E-state index in [1.54, 1.807) is 18.2 Å². The number of sulfonamides is 1. The summed E-state index contributed by atoms with van der Waals surface area (Å²) in [6.07, 6.45) is 0. The van der Waals surface area contributed by atoms with Crippen molar-refractivity contribution in [1.29, 1.82) is 0 Å². The number of hydrogen-bond acceptors (Lipinski definition) is 9. The number of hydrogen-bond donors (Lipinski definition) is 2. The molecule has 3 aromatic carbocycles. The van der Waals surface area contributed by atoms with E-state index in [2.05, 4.69) is 14.7 Å². The molecule has 4 aromatic rings. The summed E-state index contributed by atoms with van der Waals surface area (Å²) in [5.74, 6) is -0.0898. The third kappa shape index (κ3) is 5.21. The van der Waals surface area contributed by atoms with Crippen LogP contribution in [0.2, 0.25) is 5.02 Å². The Bertz CT molecular complexity index is 1590. The van der Waals surface area contributed by atoms with E-state index in [9.17, 15) is 28.6 Å². The number of nitrogens with one attached hydrogen (secondary N) is 1. The summed E-state index contributed by atoms with van der Waals surface area (Å²) >= 11 is 6.22. The number of anilines is 2. The molecule has 0 saturated carbocycles. The molecule has 0 aliphatic heterocycles. The van der Waals surface area contributed by atoms with Gasteiger partial charge in [-0.2, -0.15) is 0 Å². The minimum atomic E-state index is -3.99. The van der Waals surface area contributed by atoms with Crippen LogP contribution in [0.3, 0.4) is 0 Å². The van der Waals surface area contributed by atoms with Gasteiger partial charge in [-0.3, -0.25) is 25.0 Å². The lowest BCUT2D eigenvalue weighted by atomic mass is 10.1. The molecule has 1 aromatic heterocycles. The zero-order chi connectivity index (χ0) is 26.0. The summed E-state index contributed by atoms with van der Waals surface area (Å²) in [6, 6.07) is 16.1. The molecule has 182 valence electrons. The first kappa shape index (κ1) is 24.5.